The number of aryl methyl sites for hydroxylation is 1. The molecule has 0 aliphatic carbocycles. The molecule has 0 bridgehead atoms. The third kappa shape index (κ3) is 3.72. The highest BCUT2D eigenvalue weighted by Gasteiger charge is 2.45. The van der Waals surface area contributed by atoms with Gasteiger partial charge < -0.3 is 9.72 Å². The Hall–Kier alpha value is -2.64. The number of halogens is 3. The summed E-state index contributed by atoms with van der Waals surface area (Å²) in [5.74, 6) is -1.25. The second-order valence-electron chi connectivity index (χ2n) is 4.50. The molecule has 0 radical (unpaired) electrons. The van der Waals surface area contributed by atoms with E-state index in [1.54, 1.807) is 0 Å². The van der Waals surface area contributed by atoms with Crippen molar-refractivity contribution in [3.05, 3.63) is 63.8 Å². The first kappa shape index (κ1) is 15.7. The molecule has 1 atom stereocenters. The highest BCUT2D eigenvalue weighted by Crippen LogP contribution is 2.35. The standard InChI is InChI=1S/C14H11F3N2O3/c1-8-6-9(7-11(20)19-8)13(21)22-12(14(15,16)17)10-4-2-3-5-18-10/h2-7,12H,1H3,(H,19,20). The molecule has 0 saturated heterocycles. The molecule has 2 aromatic heterocycles. The van der Waals surface area contributed by atoms with Gasteiger partial charge in [-0.2, -0.15) is 13.2 Å². The summed E-state index contributed by atoms with van der Waals surface area (Å²) in [5, 5.41) is 0. The van der Waals surface area contributed by atoms with Crippen LogP contribution in [0.1, 0.15) is 27.8 Å². The van der Waals surface area contributed by atoms with Gasteiger partial charge in [0.25, 0.3) is 0 Å². The van der Waals surface area contributed by atoms with Crippen LogP contribution in [-0.4, -0.2) is 22.1 Å². The number of rotatable bonds is 3. The molecule has 0 saturated carbocycles. The predicted octanol–water partition coefficient (Wildman–Crippen LogP) is 2.54. The van der Waals surface area contributed by atoms with Crippen molar-refractivity contribution in [2.75, 3.05) is 0 Å². The molecule has 2 aromatic rings. The molecule has 0 amide bonds. The van der Waals surface area contributed by atoms with E-state index in [0.29, 0.717) is 5.69 Å². The van der Waals surface area contributed by atoms with Crippen LogP contribution < -0.4 is 5.56 Å². The first-order chi connectivity index (χ1) is 10.3. The third-order valence-corrected chi connectivity index (χ3v) is 2.69. The summed E-state index contributed by atoms with van der Waals surface area (Å²) in [4.78, 5) is 29.1. The fourth-order valence-electron chi connectivity index (χ4n) is 1.80. The normalized spacial score (nSPS) is 12.7. The summed E-state index contributed by atoms with van der Waals surface area (Å²) in [7, 11) is 0. The van der Waals surface area contributed by atoms with Crippen molar-refractivity contribution in [1.29, 1.82) is 0 Å². The molecule has 8 heteroatoms. The second kappa shape index (κ2) is 6.00. The van der Waals surface area contributed by atoms with Gasteiger partial charge in [-0.1, -0.05) is 6.07 Å². The number of aromatic amines is 1. The van der Waals surface area contributed by atoms with Crippen molar-refractivity contribution >= 4 is 5.97 Å². The Kier molecular flexibility index (Phi) is 4.30. The number of carbonyl (C=O) groups is 1. The Morgan fingerprint density at radius 1 is 1.32 bits per heavy atom. The topological polar surface area (TPSA) is 72.0 Å². The van der Waals surface area contributed by atoms with Gasteiger partial charge in [0.1, 0.15) is 0 Å². The number of hydrogen-bond donors (Lipinski definition) is 1. The van der Waals surface area contributed by atoms with Crippen LogP contribution in [0.4, 0.5) is 13.2 Å². The number of nitrogens with zero attached hydrogens (tertiary/aromatic N) is 1. The van der Waals surface area contributed by atoms with Crippen molar-refractivity contribution in [3.8, 4) is 0 Å². The van der Waals surface area contributed by atoms with Crippen LogP contribution in [0, 0.1) is 6.92 Å². The molecule has 5 nitrogen and oxygen atoms in total. The van der Waals surface area contributed by atoms with E-state index in [9.17, 15) is 22.8 Å². The van der Waals surface area contributed by atoms with Gasteiger partial charge >= 0.3 is 12.1 Å². The van der Waals surface area contributed by atoms with E-state index in [2.05, 4.69) is 14.7 Å². The van der Waals surface area contributed by atoms with Gasteiger partial charge in [0, 0.05) is 18.0 Å². The van der Waals surface area contributed by atoms with Crippen molar-refractivity contribution in [3.63, 3.8) is 0 Å². The van der Waals surface area contributed by atoms with Gasteiger partial charge in [0.2, 0.25) is 11.7 Å². The Labute approximate surface area is 122 Å². The van der Waals surface area contributed by atoms with Crippen molar-refractivity contribution in [1.82, 2.24) is 9.97 Å². The monoisotopic (exact) mass is 312 g/mol. The minimum Gasteiger partial charge on any atom is -0.442 e. The van der Waals surface area contributed by atoms with E-state index in [1.807, 2.05) is 0 Å². The van der Waals surface area contributed by atoms with Crippen molar-refractivity contribution < 1.29 is 22.7 Å². The van der Waals surface area contributed by atoms with Gasteiger partial charge in [-0.25, -0.2) is 4.79 Å². The summed E-state index contributed by atoms with van der Waals surface area (Å²) < 4.78 is 43.7. The van der Waals surface area contributed by atoms with E-state index in [4.69, 9.17) is 0 Å². The summed E-state index contributed by atoms with van der Waals surface area (Å²) in [6.07, 6.45) is -6.15. The number of ether oxygens (including phenoxy) is 1. The molecule has 116 valence electrons. The molecule has 1 N–H and O–H groups in total. The predicted molar refractivity (Wildman–Crippen MR) is 70.2 cm³/mol. The van der Waals surface area contributed by atoms with E-state index >= 15 is 0 Å². The first-order valence-corrected chi connectivity index (χ1v) is 6.17. The zero-order chi connectivity index (χ0) is 16.3. The van der Waals surface area contributed by atoms with E-state index in [1.165, 1.54) is 31.3 Å². The number of alkyl halides is 3. The Bertz CT molecular complexity index is 726. The Morgan fingerprint density at radius 2 is 2.05 bits per heavy atom. The highest BCUT2D eigenvalue weighted by atomic mass is 19.4. The van der Waals surface area contributed by atoms with Crippen molar-refractivity contribution in [2.24, 2.45) is 0 Å². The maximum Gasteiger partial charge on any atom is 0.431 e. The molecule has 0 fully saturated rings. The number of esters is 1. The zero-order valence-corrected chi connectivity index (χ0v) is 11.3. The summed E-state index contributed by atoms with van der Waals surface area (Å²) in [6.45, 7) is 1.50. The Morgan fingerprint density at radius 3 is 2.59 bits per heavy atom. The number of carbonyl (C=O) groups excluding carboxylic acids is 1. The number of H-pyrrole nitrogens is 1. The third-order valence-electron chi connectivity index (χ3n) is 2.69. The van der Waals surface area contributed by atoms with Crippen molar-refractivity contribution in [2.45, 2.75) is 19.2 Å². The molecule has 1 unspecified atom stereocenters. The zero-order valence-electron chi connectivity index (χ0n) is 11.3. The quantitative estimate of drug-likeness (QED) is 0.884. The average molecular weight is 312 g/mol. The number of pyridine rings is 2. The molecule has 0 aliphatic heterocycles. The van der Waals surface area contributed by atoms with Crippen LogP contribution in [0.15, 0.2) is 41.3 Å². The van der Waals surface area contributed by atoms with Gasteiger partial charge in [0.15, 0.2) is 0 Å². The Balaban J connectivity index is 2.31. The maximum atomic E-state index is 13.1. The molecule has 0 aromatic carbocycles. The maximum absolute atomic E-state index is 13.1. The molecule has 0 aliphatic rings. The fraction of sp³-hybridized carbons (Fsp3) is 0.214. The lowest BCUT2D eigenvalue weighted by molar-refractivity contribution is -0.208. The van der Waals surface area contributed by atoms with Gasteiger partial charge in [0.05, 0.1) is 11.3 Å². The average Bonchev–Trinajstić information content (AvgIpc) is 2.43. The minimum atomic E-state index is -4.82. The van der Waals surface area contributed by atoms with E-state index < -0.39 is 29.5 Å². The van der Waals surface area contributed by atoms with E-state index in [0.717, 1.165) is 12.1 Å². The van der Waals surface area contributed by atoms with Gasteiger partial charge in [-0.15, -0.1) is 0 Å². The molecule has 2 heterocycles. The minimum absolute atomic E-state index is 0.258. The first-order valence-electron chi connectivity index (χ1n) is 6.17. The number of nitrogens with one attached hydrogen (secondary N) is 1. The molecule has 0 spiro atoms. The lowest BCUT2D eigenvalue weighted by atomic mass is 10.2. The van der Waals surface area contributed by atoms with Crippen LogP contribution in [0.2, 0.25) is 0 Å². The highest BCUT2D eigenvalue weighted by molar-refractivity contribution is 5.89. The van der Waals surface area contributed by atoms with E-state index in [-0.39, 0.29) is 5.56 Å². The summed E-state index contributed by atoms with van der Waals surface area (Å²) in [5.41, 5.74) is -0.967. The second-order valence-corrected chi connectivity index (χ2v) is 4.50. The van der Waals surface area contributed by atoms with Crippen LogP contribution in [0.5, 0.6) is 0 Å². The van der Waals surface area contributed by atoms with Gasteiger partial charge in [-0.3, -0.25) is 9.78 Å². The molecular weight excluding hydrogens is 301 g/mol. The number of hydrogen-bond acceptors (Lipinski definition) is 4. The largest absolute Gasteiger partial charge is 0.442 e. The molecule has 22 heavy (non-hydrogen) atoms. The van der Waals surface area contributed by atoms with Crippen LogP contribution in [0.3, 0.4) is 0 Å². The number of aromatic nitrogens is 2. The smallest absolute Gasteiger partial charge is 0.431 e. The lowest BCUT2D eigenvalue weighted by Crippen LogP contribution is -2.27. The van der Waals surface area contributed by atoms with Crippen LogP contribution >= 0.6 is 0 Å². The SMILES string of the molecule is Cc1cc(C(=O)OC(c2ccccn2)C(F)(F)F)cc(=O)[nH]1. The fourth-order valence-corrected chi connectivity index (χ4v) is 1.80. The van der Waals surface area contributed by atoms with Gasteiger partial charge in [-0.05, 0) is 25.1 Å². The summed E-state index contributed by atoms with van der Waals surface area (Å²) in [6, 6.07) is 6.01. The molecule has 2 rings (SSSR count). The molecular formula is C14H11F3N2O3. The van der Waals surface area contributed by atoms with Crippen LogP contribution in [0.25, 0.3) is 0 Å². The lowest BCUT2D eigenvalue weighted by Gasteiger charge is -2.20. The summed E-state index contributed by atoms with van der Waals surface area (Å²) >= 11 is 0. The van der Waals surface area contributed by atoms with Crippen LogP contribution in [-0.2, 0) is 4.74 Å².